The maximum Gasteiger partial charge on any atom is 0.249 e. The molecule has 0 aliphatic carbocycles. The summed E-state index contributed by atoms with van der Waals surface area (Å²) in [6.45, 7) is 4.10. The lowest BCUT2D eigenvalue weighted by Gasteiger charge is -2.13. The highest BCUT2D eigenvalue weighted by Crippen LogP contribution is 2.29. The van der Waals surface area contributed by atoms with Crippen LogP contribution in [0.15, 0.2) is 65.7 Å². The van der Waals surface area contributed by atoms with Crippen LogP contribution < -0.4 is 5.32 Å². The van der Waals surface area contributed by atoms with Crippen molar-refractivity contribution < 1.29 is 9.90 Å². The zero-order chi connectivity index (χ0) is 20.5. The van der Waals surface area contributed by atoms with Crippen LogP contribution in [0.4, 0.5) is 5.69 Å². The molecule has 4 nitrogen and oxygen atoms in total. The van der Waals surface area contributed by atoms with Crippen molar-refractivity contribution in [2.45, 2.75) is 26.3 Å². The molecule has 4 rings (SSSR count). The average molecular weight is 405 g/mol. The Morgan fingerprint density at radius 3 is 2.52 bits per heavy atom. The van der Waals surface area contributed by atoms with Gasteiger partial charge in [0.25, 0.3) is 0 Å². The number of aryl methyl sites for hydroxylation is 2. The predicted octanol–water partition coefficient (Wildman–Crippen LogP) is 5.06. The van der Waals surface area contributed by atoms with Crippen molar-refractivity contribution >= 4 is 28.9 Å². The van der Waals surface area contributed by atoms with Crippen LogP contribution in [0.5, 0.6) is 5.75 Å². The molecule has 29 heavy (non-hydrogen) atoms. The first-order chi connectivity index (χ1) is 13.9. The fraction of sp³-hybridized carbons (Fsp3) is 0.167. The van der Waals surface area contributed by atoms with Gasteiger partial charge < -0.3 is 10.4 Å². The van der Waals surface area contributed by atoms with Crippen LogP contribution in [0.1, 0.15) is 27.8 Å². The third-order valence-electron chi connectivity index (χ3n) is 5.13. The van der Waals surface area contributed by atoms with Gasteiger partial charge in [-0.2, -0.15) is 0 Å². The van der Waals surface area contributed by atoms with Gasteiger partial charge >= 0.3 is 0 Å². The molecule has 146 valence electrons. The fourth-order valence-corrected chi connectivity index (χ4v) is 3.76. The second-order valence-corrected chi connectivity index (χ2v) is 7.79. The van der Waals surface area contributed by atoms with Crippen molar-refractivity contribution in [3.63, 3.8) is 0 Å². The Hall–Kier alpha value is -3.11. The number of carbonyl (C=O) groups excluding carboxylic acids is 1. The minimum Gasteiger partial charge on any atom is -0.508 e. The van der Waals surface area contributed by atoms with Gasteiger partial charge in [0.15, 0.2) is 0 Å². The highest BCUT2D eigenvalue weighted by Gasteiger charge is 2.26. The van der Waals surface area contributed by atoms with Crippen molar-refractivity contribution in [3.8, 4) is 5.75 Å². The molecule has 3 aromatic carbocycles. The lowest BCUT2D eigenvalue weighted by Crippen LogP contribution is -2.27. The van der Waals surface area contributed by atoms with E-state index in [0.717, 1.165) is 22.3 Å². The van der Waals surface area contributed by atoms with E-state index in [1.807, 2.05) is 6.07 Å². The number of phenolic OH excluding ortho intramolecular Hbond substituents is 1. The number of hydrogen-bond acceptors (Lipinski definition) is 3. The van der Waals surface area contributed by atoms with Crippen molar-refractivity contribution in [2.75, 3.05) is 5.32 Å². The van der Waals surface area contributed by atoms with Crippen LogP contribution in [0.3, 0.4) is 0 Å². The molecule has 1 aliphatic rings. The molecule has 1 heterocycles. The van der Waals surface area contributed by atoms with Crippen molar-refractivity contribution in [1.29, 1.82) is 0 Å². The second-order valence-electron chi connectivity index (χ2n) is 7.35. The lowest BCUT2D eigenvalue weighted by atomic mass is 9.98. The molecule has 0 spiro atoms. The number of fused-ring (bicyclic) bond motifs is 1. The number of carbonyl (C=O) groups is 1. The zero-order valence-electron chi connectivity index (χ0n) is 16.2. The highest BCUT2D eigenvalue weighted by atomic mass is 35.5. The van der Waals surface area contributed by atoms with E-state index in [4.69, 9.17) is 16.6 Å². The lowest BCUT2D eigenvalue weighted by molar-refractivity contribution is -0.117. The third-order valence-corrected chi connectivity index (χ3v) is 5.37. The molecule has 5 heteroatoms. The van der Waals surface area contributed by atoms with E-state index in [1.165, 1.54) is 5.56 Å². The maximum absolute atomic E-state index is 13.0. The van der Waals surface area contributed by atoms with Crippen molar-refractivity contribution in [2.24, 2.45) is 4.99 Å². The molecule has 1 amide bonds. The molecule has 1 unspecified atom stereocenters. The van der Waals surface area contributed by atoms with Crippen LogP contribution >= 0.6 is 11.6 Å². The Kier molecular flexibility index (Phi) is 5.12. The monoisotopic (exact) mass is 404 g/mol. The van der Waals surface area contributed by atoms with E-state index in [1.54, 1.807) is 36.4 Å². The van der Waals surface area contributed by atoms with E-state index in [2.05, 4.69) is 37.4 Å². The van der Waals surface area contributed by atoms with Crippen molar-refractivity contribution in [3.05, 3.63) is 93.5 Å². The molecule has 2 N–H and O–H groups in total. The number of nitrogens with zero attached hydrogens (tertiary/aromatic N) is 1. The van der Waals surface area contributed by atoms with Gasteiger partial charge in [0.1, 0.15) is 11.8 Å². The number of hydrogen-bond donors (Lipinski definition) is 2. The summed E-state index contributed by atoms with van der Waals surface area (Å²) in [5.41, 5.74) is 6.35. The van der Waals surface area contributed by atoms with Gasteiger partial charge in [-0.15, -0.1) is 0 Å². The number of benzene rings is 3. The van der Waals surface area contributed by atoms with Crippen LogP contribution in [0.25, 0.3) is 0 Å². The van der Waals surface area contributed by atoms with Gasteiger partial charge in [0.2, 0.25) is 5.91 Å². The maximum atomic E-state index is 13.0. The van der Waals surface area contributed by atoms with Gasteiger partial charge in [-0.1, -0.05) is 35.4 Å². The summed E-state index contributed by atoms with van der Waals surface area (Å²) >= 11 is 6.24. The number of rotatable bonds is 3. The van der Waals surface area contributed by atoms with Gasteiger partial charge in [-0.05, 0) is 67.4 Å². The standard InChI is InChI=1S/C24H21ClN2O2/c1-14-3-4-17(15(2)11-14)12-22-24(29)27-21-10-7-18(25)13-20(21)23(26-22)16-5-8-19(28)9-6-16/h3-11,13,22,28H,12H2,1-2H3,(H,27,29). The van der Waals surface area contributed by atoms with E-state index < -0.39 is 6.04 Å². The topological polar surface area (TPSA) is 61.7 Å². The minimum atomic E-state index is -0.577. The predicted molar refractivity (Wildman–Crippen MR) is 117 cm³/mol. The summed E-state index contributed by atoms with van der Waals surface area (Å²) in [6.07, 6.45) is 0.501. The van der Waals surface area contributed by atoms with Gasteiger partial charge in [-0.25, -0.2) is 0 Å². The number of amides is 1. The van der Waals surface area contributed by atoms with Gasteiger partial charge in [-0.3, -0.25) is 9.79 Å². The first-order valence-electron chi connectivity index (χ1n) is 9.45. The van der Waals surface area contributed by atoms with Crippen LogP contribution in [0.2, 0.25) is 5.02 Å². The summed E-state index contributed by atoms with van der Waals surface area (Å²) in [4.78, 5) is 17.8. The molecule has 0 saturated carbocycles. The second kappa shape index (κ2) is 7.72. The molecule has 1 aliphatic heterocycles. The number of aliphatic imine (C=N–C) groups is 1. The SMILES string of the molecule is Cc1ccc(CC2N=C(c3ccc(O)cc3)c3cc(Cl)ccc3NC2=O)c(C)c1. The molecule has 3 aromatic rings. The van der Waals surface area contributed by atoms with Crippen molar-refractivity contribution in [1.82, 2.24) is 0 Å². The Balaban J connectivity index is 1.82. The van der Waals surface area contributed by atoms with Crippen LogP contribution in [-0.4, -0.2) is 22.8 Å². The number of benzodiazepines with no additional fused rings is 1. The molecule has 1 atom stereocenters. The summed E-state index contributed by atoms with van der Waals surface area (Å²) in [7, 11) is 0. The molecule has 0 fully saturated rings. The van der Waals surface area contributed by atoms with E-state index in [9.17, 15) is 9.90 Å². The Morgan fingerprint density at radius 1 is 1.03 bits per heavy atom. The Labute approximate surface area is 174 Å². The number of halogens is 1. The summed E-state index contributed by atoms with van der Waals surface area (Å²) in [6, 6.07) is 17.8. The Morgan fingerprint density at radius 2 is 1.79 bits per heavy atom. The largest absolute Gasteiger partial charge is 0.508 e. The van der Waals surface area contributed by atoms with E-state index in [0.29, 0.717) is 22.8 Å². The third kappa shape index (κ3) is 4.03. The van der Waals surface area contributed by atoms with Crippen LogP contribution in [0, 0.1) is 13.8 Å². The molecular weight excluding hydrogens is 384 g/mol. The van der Waals surface area contributed by atoms with Crippen LogP contribution in [-0.2, 0) is 11.2 Å². The number of nitrogens with one attached hydrogen (secondary N) is 1. The quantitative estimate of drug-likeness (QED) is 0.640. The molecule has 0 bridgehead atoms. The summed E-state index contributed by atoms with van der Waals surface area (Å²) in [5.74, 6) is 0.0256. The highest BCUT2D eigenvalue weighted by molar-refractivity contribution is 6.32. The number of phenols is 1. The average Bonchev–Trinajstić information content (AvgIpc) is 2.81. The van der Waals surface area contributed by atoms with Gasteiger partial charge in [0.05, 0.1) is 11.4 Å². The normalized spacial score (nSPS) is 15.9. The number of anilines is 1. The van der Waals surface area contributed by atoms with E-state index in [-0.39, 0.29) is 11.7 Å². The molecule has 0 radical (unpaired) electrons. The molecule has 0 aromatic heterocycles. The number of aromatic hydroxyl groups is 1. The summed E-state index contributed by atoms with van der Waals surface area (Å²) < 4.78 is 0. The smallest absolute Gasteiger partial charge is 0.249 e. The molecular formula is C24H21ClN2O2. The Bertz CT molecular complexity index is 1120. The first-order valence-corrected chi connectivity index (χ1v) is 9.82. The summed E-state index contributed by atoms with van der Waals surface area (Å²) in [5, 5.41) is 13.2. The van der Waals surface area contributed by atoms with Gasteiger partial charge in [0, 0.05) is 22.6 Å². The minimum absolute atomic E-state index is 0.151. The fourth-order valence-electron chi connectivity index (χ4n) is 3.59. The van der Waals surface area contributed by atoms with E-state index >= 15 is 0 Å². The molecule has 0 saturated heterocycles. The first kappa shape index (κ1) is 19.2. The zero-order valence-corrected chi connectivity index (χ0v) is 17.0.